The Labute approximate surface area is 174 Å². The first-order valence-corrected chi connectivity index (χ1v) is 11.7. The first kappa shape index (κ1) is 21.0. The second-order valence-corrected chi connectivity index (χ2v) is 10.6. The molecular weight excluding hydrogens is 430 g/mol. The Hall–Kier alpha value is -0.700. The van der Waals surface area contributed by atoms with Crippen molar-refractivity contribution in [2.24, 2.45) is 5.92 Å². The summed E-state index contributed by atoms with van der Waals surface area (Å²) in [5.74, 6) is 0.0593. The molecule has 2 N–H and O–H groups in total. The van der Waals surface area contributed by atoms with Gasteiger partial charge in [-0.15, -0.1) is 23.7 Å². The molecule has 3 fully saturated rings. The van der Waals surface area contributed by atoms with Crippen LogP contribution in [0.5, 0.6) is 0 Å². The van der Waals surface area contributed by atoms with Crippen molar-refractivity contribution in [1.82, 2.24) is 10.0 Å². The standard InChI is InChI=1S/C18H20ClFN2O2S2.ClH/c1-26(23,24)22-18-11-5-13(6-11)21-15(18)7-10-3-2-4-14(17(10)20)12-8-16(19)25-9-12;/h2-4,8-9,11,13,15,18,21-22H,5-7H2,1H3;1H/t11?,13?,15-,18-;/m0./s1. The van der Waals surface area contributed by atoms with Crippen LogP contribution in [0, 0.1) is 11.7 Å². The van der Waals surface area contributed by atoms with Gasteiger partial charge in [0.15, 0.2) is 0 Å². The van der Waals surface area contributed by atoms with Gasteiger partial charge in [0.1, 0.15) is 5.82 Å². The van der Waals surface area contributed by atoms with Crippen LogP contribution < -0.4 is 10.0 Å². The van der Waals surface area contributed by atoms with Gasteiger partial charge >= 0.3 is 0 Å². The van der Waals surface area contributed by atoms with E-state index in [9.17, 15) is 8.42 Å². The Morgan fingerprint density at radius 2 is 2.11 bits per heavy atom. The largest absolute Gasteiger partial charge is 0.309 e. The number of nitrogens with one attached hydrogen (secondary N) is 2. The van der Waals surface area contributed by atoms with Gasteiger partial charge in [-0.05, 0) is 42.4 Å². The van der Waals surface area contributed by atoms with Crippen LogP contribution in [0.3, 0.4) is 0 Å². The van der Waals surface area contributed by atoms with Gasteiger partial charge in [-0.3, -0.25) is 0 Å². The first-order valence-electron chi connectivity index (χ1n) is 8.55. The quantitative estimate of drug-likeness (QED) is 0.727. The number of benzene rings is 1. The van der Waals surface area contributed by atoms with Crippen LogP contribution in [0.1, 0.15) is 18.4 Å². The highest BCUT2D eigenvalue weighted by Gasteiger charge is 2.46. The molecule has 1 aliphatic carbocycles. The molecule has 5 rings (SSSR count). The zero-order valence-corrected chi connectivity index (χ0v) is 17.8. The summed E-state index contributed by atoms with van der Waals surface area (Å²) in [5, 5.41) is 5.32. The SMILES string of the molecule is CS(=O)(=O)N[C@H]1C2CC(C2)N[C@H]1Cc1cccc(-c2csc(Cl)c2)c1F.Cl. The van der Waals surface area contributed by atoms with Crippen LogP contribution in [0.2, 0.25) is 4.34 Å². The molecule has 9 heteroatoms. The predicted octanol–water partition coefficient (Wildman–Crippen LogP) is 3.84. The lowest BCUT2D eigenvalue weighted by atomic mass is 9.68. The number of rotatable bonds is 5. The molecule has 0 amide bonds. The van der Waals surface area contributed by atoms with Crippen molar-refractivity contribution >= 4 is 45.4 Å². The molecule has 27 heavy (non-hydrogen) atoms. The topological polar surface area (TPSA) is 58.2 Å². The van der Waals surface area contributed by atoms with E-state index in [4.69, 9.17) is 11.6 Å². The molecule has 2 aromatic rings. The molecule has 2 saturated heterocycles. The number of hydrogen-bond acceptors (Lipinski definition) is 4. The number of thiophene rings is 1. The van der Waals surface area contributed by atoms with Gasteiger partial charge < -0.3 is 5.32 Å². The van der Waals surface area contributed by atoms with Crippen molar-refractivity contribution in [3.63, 3.8) is 0 Å². The molecule has 1 saturated carbocycles. The van der Waals surface area contributed by atoms with Crippen LogP contribution >= 0.6 is 35.3 Å². The van der Waals surface area contributed by atoms with Gasteiger partial charge in [0, 0.05) is 29.1 Å². The van der Waals surface area contributed by atoms with Gasteiger partial charge in [0.25, 0.3) is 0 Å². The summed E-state index contributed by atoms with van der Waals surface area (Å²) in [6, 6.07) is 7.20. The van der Waals surface area contributed by atoms with Gasteiger partial charge in [0.2, 0.25) is 10.0 Å². The van der Waals surface area contributed by atoms with Crippen molar-refractivity contribution in [2.75, 3.05) is 6.26 Å². The van der Waals surface area contributed by atoms with E-state index >= 15 is 4.39 Å². The summed E-state index contributed by atoms with van der Waals surface area (Å²) < 4.78 is 42.0. The van der Waals surface area contributed by atoms with Crippen LogP contribution in [0.25, 0.3) is 11.1 Å². The van der Waals surface area contributed by atoms with E-state index in [0.717, 1.165) is 18.4 Å². The number of hydrogen-bond donors (Lipinski definition) is 2. The third-order valence-corrected chi connectivity index (χ3v) is 7.10. The van der Waals surface area contributed by atoms with Gasteiger partial charge in [-0.2, -0.15) is 0 Å². The fourth-order valence-corrected chi connectivity index (χ4v) is 5.82. The third-order valence-electron chi connectivity index (χ3n) is 5.31. The van der Waals surface area contributed by atoms with Crippen molar-refractivity contribution in [2.45, 2.75) is 37.4 Å². The Morgan fingerprint density at radius 3 is 2.74 bits per heavy atom. The second kappa shape index (κ2) is 7.97. The number of fused-ring (bicyclic) bond motifs is 2. The zero-order chi connectivity index (χ0) is 18.5. The molecule has 2 bridgehead atoms. The summed E-state index contributed by atoms with van der Waals surface area (Å²) in [6.45, 7) is 0. The molecule has 2 aliphatic heterocycles. The maximum Gasteiger partial charge on any atom is 0.209 e. The minimum atomic E-state index is -3.31. The fraction of sp³-hybridized carbons (Fsp3) is 0.444. The highest BCUT2D eigenvalue weighted by atomic mass is 35.5. The lowest BCUT2D eigenvalue weighted by Crippen LogP contribution is -2.67. The zero-order valence-electron chi connectivity index (χ0n) is 14.6. The smallest absolute Gasteiger partial charge is 0.209 e. The number of halogens is 3. The van der Waals surface area contributed by atoms with Crippen molar-refractivity contribution in [3.8, 4) is 11.1 Å². The molecule has 3 aliphatic rings. The summed E-state index contributed by atoms with van der Waals surface area (Å²) in [6.07, 6.45) is 3.56. The van der Waals surface area contributed by atoms with Gasteiger partial charge in [0.05, 0.1) is 10.6 Å². The first-order chi connectivity index (χ1) is 12.3. The van der Waals surface area contributed by atoms with Crippen molar-refractivity contribution in [3.05, 3.63) is 45.4 Å². The molecule has 0 spiro atoms. The highest BCUT2D eigenvalue weighted by molar-refractivity contribution is 7.88. The molecular formula is C18H21Cl2FN2O2S2. The van der Waals surface area contributed by atoms with E-state index < -0.39 is 10.0 Å². The van der Waals surface area contributed by atoms with E-state index in [-0.39, 0.29) is 30.3 Å². The number of piperidine rings is 2. The normalized spacial score (nSPS) is 26.9. The molecule has 2 atom stereocenters. The summed E-state index contributed by atoms with van der Waals surface area (Å²) in [5.41, 5.74) is 1.88. The highest BCUT2D eigenvalue weighted by Crippen LogP contribution is 2.39. The Kier molecular flexibility index (Phi) is 6.20. The average Bonchev–Trinajstić information content (AvgIpc) is 2.94. The maximum absolute atomic E-state index is 15.1. The molecule has 0 radical (unpaired) electrons. The molecule has 0 unspecified atom stereocenters. The maximum atomic E-state index is 15.1. The fourth-order valence-electron chi connectivity index (χ4n) is 4.09. The monoisotopic (exact) mass is 450 g/mol. The van der Waals surface area contributed by atoms with Crippen molar-refractivity contribution in [1.29, 1.82) is 0 Å². The molecule has 3 heterocycles. The van der Waals surface area contributed by atoms with Gasteiger partial charge in [-0.1, -0.05) is 29.8 Å². The van der Waals surface area contributed by atoms with Crippen LogP contribution in [-0.2, 0) is 16.4 Å². The minimum Gasteiger partial charge on any atom is -0.309 e. The summed E-state index contributed by atoms with van der Waals surface area (Å²) in [7, 11) is -3.31. The molecule has 1 aromatic carbocycles. The van der Waals surface area contributed by atoms with E-state index in [0.29, 0.717) is 33.8 Å². The van der Waals surface area contributed by atoms with Crippen molar-refractivity contribution < 1.29 is 12.8 Å². The Balaban J connectivity index is 0.00000210. The van der Waals surface area contributed by atoms with Crippen LogP contribution in [-0.4, -0.2) is 32.8 Å². The molecule has 1 aromatic heterocycles. The minimum absolute atomic E-state index is 0. The van der Waals surface area contributed by atoms with E-state index in [2.05, 4.69) is 10.0 Å². The molecule has 148 valence electrons. The van der Waals surface area contributed by atoms with Gasteiger partial charge in [-0.25, -0.2) is 17.5 Å². The lowest BCUT2D eigenvalue weighted by Gasteiger charge is -2.52. The lowest BCUT2D eigenvalue weighted by molar-refractivity contribution is 0.0809. The molecule has 4 nitrogen and oxygen atoms in total. The number of sulfonamides is 1. The average molecular weight is 451 g/mol. The van der Waals surface area contributed by atoms with Crippen LogP contribution in [0.4, 0.5) is 4.39 Å². The summed E-state index contributed by atoms with van der Waals surface area (Å²) in [4.78, 5) is 0. The Bertz CT molecular complexity index is 929. The second-order valence-electron chi connectivity index (χ2n) is 7.24. The summed E-state index contributed by atoms with van der Waals surface area (Å²) >= 11 is 7.35. The van der Waals surface area contributed by atoms with E-state index in [1.165, 1.54) is 17.6 Å². The van der Waals surface area contributed by atoms with E-state index in [1.807, 2.05) is 11.4 Å². The van der Waals surface area contributed by atoms with E-state index in [1.54, 1.807) is 18.2 Å². The Morgan fingerprint density at radius 1 is 1.37 bits per heavy atom. The van der Waals surface area contributed by atoms with Crippen LogP contribution in [0.15, 0.2) is 29.6 Å². The third kappa shape index (κ3) is 4.49. The predicted molar refractivity (Wildman–Crippen MR) is 111 cm³/mol.